The number of nitrogens with two attached hydrogens (primary N) is 1. The van der Waals surface area contributed by atoms with Crippen LogP contribution in [-0.2, 0) is 11.8 Å². The lowest BCUT2D eigenvalue weighted by molar-refractivity contribution is 0.0455. The molecular formula is C13H14FN3OS. The van der Waals surface area contributed by atoms with Crippen molar-refractivity contribution in [3.63, 3.8) is 0 Å². The molecule has 19 heavy (non-hydrogen) atoms. The average Bonchev–Trinajstić information content (AvgIpc) is 2.66. The molecular weight excluding hydrogens is 265 g/mol. The van der Waals surface area contributed by atoms with E-state index in [2.05, 4.69) is 5.10 Å². The SMILES string of the molecule is Cn1nc(-c2ccc(SC3COC3)c(F)c2)cc1N. The third kappa shape index (κ3) is 2.46. The maximum absolute atomic E-state index is 14.0. The summed E-state index contributed by atoms with van der Waals surface area (Å²) >= 11 is 1.52. The standard InChI is InChI=1S/C13H14FN3OS/c1-17-13(15)5-11(16-17)8-2-3-12(10(14)4-8)19-9-6-18-7-9/h2-5,9H,6-7,15H2,1H3. The fraction of sp³-hybridized carbons (Fsp3) is 0.308. The number of nitrogen functional groups attached to an aromatic ring is 1. The molecule has 0 radical (unpaired) electrons. The lowest BCUT2D eigenvalue weighted by Gasteiger charge is -2.25. The van der Waals surface area contributed by atoms with Crippen molar-refractivity contribution in [2.75, 3.05) is 18.9 Å². The Kier molecular flexibility index (Phi) is 3.20. The van der Waals surface area contributed by atoms with Crippen LogP contribution in [0, 0.1) is 5.82 Å². The molecule has 1 saturated heterocycles. The molecule has 2 aromatic rings. The van der Waals surface area contributed by atoms with Crippen LogP contribution in [-0.4, -0.2) is 28.2 Å². The van der Waals surface area contributed by atoms with Gasteiger partial charge in [-0.1, -0.05) is 6.07 Å². The Hall–Kier alpha value is -1.53. The second-order valence-corrected chi connectivity index (χ2v) is 5.84. The third-order valence-electron chi connectivity index (χ3n) is 3.04. The van der Waals surface area contributed by atoms with Crippen LogP contribution in [0.3, 0.4) is 0 Å². The van der Waals surface area contributed by atoms with Crippen LogP contribution in [0.2, 0.25) is 0 Å². The van der Waals surface area contributed by atoms with E-state index in [-0.39, 0.29) is 5.82 Å². The molecule has 6 heteroatoms. The minimum atomic E-state index is -0.223. The van der Waals surface area contributed by atoms with Gasteiger partial charge < -0.3 is 10.5 Å². The molecule has 2 heterocycles. The summed E-state index contributed by atoms with van der Waals surface area (Å²) in [5.74, 6) is 0.333. The van der Waals surface area contributed by atoms with Gasteiger partial charge in [-0.25, -0.2) is 4.39 Å². The number of ether oxygens (including phenoxy) is 1. The molecule has 1 aliphatic heterocycles. The summed E-state index contributed by atoms with van der Waals surface area (Å²) in [5, 5.41) is 4.60. The molecule has 1 aromatic carbocycles. The fourth-order valence-corrected chi connectivity index (χ4v) is 2.85. The second kappa shape index (κ2) is 4.86. The molecule has 0 amide bonds. The number of halogens is 1. The largest absolute Gasteiger partial charge is 0.384 e. The number of anilines is 1. The van der Waals surface area contributed by atoms with Crippen LogP contribution in [0.25, 0.3) is 11.3 Å². The predicted octanol–water partition coefficient (Wildman–Crippen LogP) is 2.30. The molecule has 0 aliphatic carbocycles. The molecule has 0 atom stereocenters. The van der Waals surface area contributed by atoms with Crippen LogP contribution in [0.5, 0.6) is 0 Å². The second-order valence-electron chi connectivity index (χ2n) is 4.50. The number of aromatic nitrogens is 2. The first-order chi connectivity index (χ1) is 9.13. The maximum atomic E-state index is 14.0. The van der Waals surface area contributed by atoms with E-state index in [0.29, 0.717) is 34.9 Å². The van der Waals surface area contributed by atoms with Crippen molar-refractivity contribution in [2.45, 2.75) is 10.1 Å². The Morgan fingerprint density at radius 3 is 2.74 bits per heavy atom. The highest BCUT2D eigenvalue weighted by atomic mass is 32.2. The highest BCUT2D eigenvalue weighted by Gasteiger charge is 2.21. The lowest BCUT2D eigenvalue weighted by Crippen LogP contribution is -2.30. The van der Waals surface area contributed by atoms with Crippen LogP contribution >= 0.6 is 11.8 Å². The summed E-state index contributed by atoms with van der Waals surface area (Å²) < 4.78 is 20.7. The maximum Gasteiger partial charge on any atom is 0.137 e. The zero-order valence-electron chi connectivity index (χ0n) is 10.5. The van der Waals surface area contributed by atoms with E-state index in [4.69, 9.17) is 10.5 Å². The zero-order chi connectivity index (χ0) is 13.4. The van der Waals surface area contributed by atoms with Gasteiger partial charge >= 0.3 is 0 Å². The number of benzene rings is 1. The van der Waals surface area contributed by atoms with Crippen molar-refractivity contribution in [2.24, 2.45) is 7.05 Å². The summed E-state index contributed by atoms with van der Waals surface area (Å²) in [4.78, 5) is 0.654. The van der Waals surface area contributed by atoms with Gasteiger partial charge in [0, 0.05) is 23.6 Å². The highest BCUT2D eigenvalue weighted by molar-refractivity contribution is 8.00. The quantitative estimate of drug-likeness (QED) is 0.936. The molecule has 3 rings (SSSR count). The normalized spacial score (nSPS) is 15.5. The Morgan fingerprint density at radius 2 is 2.21 bits per heavy atom. The highest BCUT2D eigenvalue weighted by Crippen LogP contribution is 2.32. The summed E-state index contributed by atoms with van der Waals surface area (Å²) in [7, 11) is 1.76. The van der Waals surface area contributed by atoms with Crippen molar-refractivity contribution in [1.29, 1.82) is 0 Å². The monoisotopic (exact) mass is 279 g/mol. The molecule has 0 spiro atoms. The summed E-state index contributed by atoms with van der Waals surface area (Å²) in [6.45, 7) is 1.39. The van der Waals surface area contributed by atoms with Gasteiger partial charge in [0.2, 0.25) is 0 Å². The third-order valence-corrected chi connectivity index (χ3v) is 4.24. The minimum Gasteiger partial charge on any atom is -0.384 e. The van der Waals surface area contributed by atoms with Gasteiger partial charge in [0.1, 0.15) is 11.6 Å². The van der Waals surface area contributed by atoms with Crippen LogP contribution in [0.4, 0.5) is 10.2 Å². The van der Waals surface area contributed by atoms with Crippen LogP contribution < -0.4 is 5.73 Å². The van der Waals surface area contributed by atoms with Gasteiger partial charge in [-0.3, -0.25) is 4.68 Å². The number of rotatable bonds is 3. The number of hydrogen-bond donors (Lipinski definition) is 1. The smallest absolute Gasteiger partial charge is 0.137 e. The molecule has 1 aromatic heterocycles. The average molecular weight is 279 g/mol. The van der Waals surface area contributed by atoms with Gasteiger partial charge in [0.15, 0.2) is 0 Å². The van der Waals surface area contributed by atoms with Crippen LogP contribution in [0.15, 0.2) is 29.2 Å². The van der Waals surface area contributed by atoms with Gasteiger partial charge in [-0.2, -0.15) is 5.10 Å². The number of aryl methyl sites for hydroxylation is 1. The Bertz CT molecular complexity index is 590. The summed E-state index contributed by atoms with van der Waals surface area (Å²) in [6.07, 6.45) is 0. The minimum absolute atomic E-state index is 0.223. The zero-order valence-corrected chi connectivity index (χ0v) is 11.3. The van der Waals surface area contributed by atoms with Crippen molar-refractivity contribution >= 4 is 17.6 Å². The van der Waals surface area contributed by atoms with Crippen molar-refractivity contribution in [3.8, 4) is 11.3 Å². The fourth-order valence-electron chi connectivity index (χ4n) is 1.84. The van der Waals surface area contributed by atoms with Crippen molar-refractivity contribution in [1.82, 2.24) is 9.78 Å². The molecule has 0 saturated carbocycles. The molecule has 1 fully saturated rings. The molecule has 2 N–H and O–H groups in total. The first-order valence-electron chi connectivity index (χ1n) is 5.97. The van der Waals surface area contributed by atoms with E-state index in [9.17, 15) is 4.39 Å². The topological polar surface area (TPSA) is 53.1 Å². The van der Waals surface area contributed by atoms with Crippen molar-refractivity contribution < 1.29 is 9.13 Å². The summed E-state index contributed by atoms with van der Waals surface area (Å²) in [5.41, 5.74) is 7.14. The Morgan fingerprint density at radius 1 is 1.42 bits per heavy atom. The van der Waals surface area contributed by atoms with E-state index in [0.717, 1.165) is 5.56 Å². The van der Waals surface area contributed by atoms with E-state index in [1.165, 1.54) is 17.8 Å². The van der Waals surface area contributed by atoms with Gasteiger partial charge in [-0.05, 0) is 12.1 Å². The van der Waals surface area contributed by atoms with E-state index < -0.39 is 0 Å². The molecule has 0 bridgehead atoms. The Balaban J connectivity index is 1.85. The molecule has 100 valence electrons. The molecule has 0 unspecified atom stereocenters. The first kappa shape index (κ1) is 12.5. The van der Waals surface area contributed by atoms with E-state index in [1.807, 2.05) is 6.07 Å². The lowest BCUT2D eigenvalue weighted by atomic mass is 10.1. The van der Waals surface area contributed by atoms with Gasteiger partial charge in [-0.15, -0.1) is 11.8 Å². The number of nitrogens with zero attached hydrogens (tertiary/aromatic N) is 2. The first-order valence-corrected chi connectivity index (χ1v) is 6.85. The van der Waals surface area contributed by atoms with Gasteiger partial charge in [0.05, 0.1) is 24.2 Å². The van der Waals surface area contributed by atoms with E-state index >= 15 is 0 Å². The van der Waals surface area contributed by atoms with E-state index in [1.54, 1.807) is 23.9 Å². The predicted molar refractivity (Wildman–Crippen MR) is 73.5 cm³/mol. The molecule has 1 aliphatic rings. The van der Waals surface area contributed by atoms with Crippen molar-refractivity contribution in [3.05, 3.63) is 30.1 Å². The number of hydrogen-bond acceptors (Lipinski definition) is 4. The Labute approximate surface area is 114 Å². The van der Waals surface area contributed by atoms with Gasteiger partial charge in [0.25, 0.3) is 0 Å². The van der Waals surface area contributed by atoms with Crippen LogP contribution in [0.1, 0.15) is 0 Å². The summed E-state index contributed by atoms with van der Waals surface area (Å²) in [6, 6.07) is 6.90. The number of thioether (sulfide) groups is 1. The molecule has 4 nitrogen and oxygen atoms in total.